The smallest absolute Gasteiger partial charge is 0.255 e. The van der Waals surface area contributed by atoms with Gasteiger partial charge in [-0.3, -0.25) is 9.78 Å². The first-order chi connectivity index (χ1) is 12.5. The van der Waals surface area contributed by atoms with Crippen LogP contribution in [0.1, 0.15) is 57.5 Å². The lowest BCUT2D eigenvalue weighted by atomic mass is 10.00. The minimum absolute atomic E-state index is 0.0185. The molecule has 0 spiro atoms. The van der Waals surface area contributed by atoms with Crippen molar-refractivity contribution in [2.24, 2.45) is 0 Å². The molecule has 0 aliphatic carbocycles. The topological polar surface area (TPSA) is 59.2 Å². The third kappa shape index (κ3) is 2.68. The van der Waals surface area contributed by atoms with Gasteiger partial charge >= 0.3 is 0 Å². The molecule has 3 heterocycles. The van der Waals surface area contributed by atoms with Gasteiger partial charge in [0.05, 0.1) is 17.1 Å². The van der Waals surface area contributed by atoms with Crippen LogP contribution in [0, 0.1) is 27.7 Å². The van der Waals surface area contributed by atoms with Gasteiger partial charge < -0.3 is 9.42 Å². The van der Waals surface area contributed by atoms with Crippen LogP contribution in [-0.4, -0.2) is 27.5 Å². The van der Waals surface area contributed by atoms with Gasteiger partial charge in [0.15, 0.2) is 0 Å². The summed E-state index contributed by atoms with van der Waals surface area (Å²) in [5.74, 6) is 0.822. The van der Waals surface area contributed by atoms with Crippen LogP contribution in [0.5, 0.6) is 0 Å². The molecule has 1 atom stereocenters. The Morgan fingerprint density at radius 1 is 1.19 bits per heavy atom. The molecule has 0 N–H and O–H groups in total. The first-order valence-electron chi connectivity index (χ1n) is 9.07. The van der Waals surface area contributed by atoms with Crippen LogP contribution in [-0.2, 0) is 0 Å². The highest BCUT2D eigenvalue weighted by molar-refractivity contribution is 6.07. The van der Waals surface area contributed by atoms with Gasteiger partial charge in [-0.2, -0.15) is 0 Å². The van der Waals surface area contributed by atoms with E-state index in [1.807, 2.05) is 36.9 Å². The minimum atomic E-state index is -0.0185. The summed E-state index contributed by atoms with van der Waals surface area (Å²) in [5, 5.41) is 5.07. The molecule has 1 amide bonds. The number of fused-ring (bicyclic) bond motifs is 1. The summed E-state index contributed by atoms with van der Waals surface area (Å²) in [7, 11) is 0. The van der Waals surface area contributed by atoms with Crippen molar-refractivity contribution < 1.29 is 9.32 Å². The predicted octanol–water partition coefficient (Wildman–Crippen LogP) is 4.43. The Morgan fingerprint density at radius 3 is 2.73 bits per heavy atom. The zero-order valence-electron chi connectivity index (χ0n) is 15.7. The quantitative estimate of drug-likeness (QED) is 0.686. The van der Waals surface area contributed by atoms with E-state index in [2.05, 4.69) is 30.1 Å². The van der Waals surface area contributed by atoms with E-state index in [1.165, 1.54) is 5.56 Å². The van der Waals surface area contributed by atoms with Crippen molar-refractivity contribution in [1.29, 1.82) is 0 Å². The molecule has 1 aromatic carbocycles. The van der Waals surface area contributed by atoms with E-state index >= 15 is 0 Å². The van der Waals surface area contributed by atoms with Crippen molar-refractivity contribution >= 4 is 16.8 Å². The van der Waals surface area contributed by atoms with Crippen molar-refractivity contribution in [1.82, 2.24) is 15.0 Å². The summed E-state index contributed by atoms with van der Waals surface area (Å²) >= 11 is 0. The van der Waals surface area contributed by atoms with Crippen LogP contribution in [0.15, 0.2) is 28.8 Å². The number of benzene rings is 1. The van der Waals surface area contributed by atoms with Gasteiger partial charge in [-0.15, -0.1) is 0 Å². The van der Waals surface area contributed by atoms with Gasteiger partial charge in [0.1, 0.15) is 11.5 Å². The normalized spacial score (nSPS) is 17.2. The average molecular weight is 349 g/mol. The van der Waals surface area contributed by atoms with Crippen LogP contribution in [0.3, 0.4) is 0 Å². The van der Waals surface area contributed by atoms with E-state index < -0.39 is 0 Å². The van der Waals surface area contributed by atoms with Crippen molar-refractivity contribution in [3.63, 3.8) is 0 Å². The lowest BCUT2D eigenvalue weighted by Gasteiger charge is -2.24. The highest BCUT2D eigenvalue weighted by Gasteiger charge is 2.33. The molecule has 1 aliphatic heterocycles. The number of nitrogens with zero attached hydrogens (tertiary/aromatic N) is 3. The summed E-state index contributed by atoms with van der Waals surface area (Å²) in [6.45, 7) is 8.70. The Kier molecular flexibility index (Phi) is 4.02. The van der Waals surface area contributed by atoms with Crippen LogP contribution >= 0.6 is 0 Å². The molecule has 5 heteroatoms. The molecule has 1 saturated heterocycles. The number of hydrogen-bond acceptors (Lipinski definition) is 4. The maximum Gasteiger partial charge on any atom is 0.255 e. The fraction of sp³-hybridized carbons (Fsp3) is 0.381. The highest BCUT2D eigenvalue weighted by Crippen LogP contribution is 2.34. The number of carbonyl (C=O) groups is 1. The number of aryl methyl sites for hydroxylation is 4. The number of hydrogen-bond donors (Lipinski definition) is 0. The number of likely N-dealkylation sites (tertiary alicyclic amines) is 1. The number of pyridine rings is 1. The summed E-state index contributed by atoms with van der Waals surface area (Å²) in [6, 6.07) is 7.90. The standard InChI is InChI=1S/C21H23N3O2/c1-12-7-8-16-17(10-13(2)22-20(16)15(12)4)21(25)24-9-5-6-19(24)18-11-14(3)26-23-18/h7-8,10-11,19H,5-6,9H2,1-4H3/t19-/m0/s1. The molecular formula is C21H23N3O2. The molecule has 1 fully saturated rings. The van der Waals surface area contributed by atoms with Crippen molar-refractivity contribution in [2.75, 3.05) is 6.54 Å². The van der Waals surface area contributed by atoms with Crippen LogP contribution in [0.2, 0.25) is 0 Å². The maximum atomic E-state index is 13.4. The summed E-state index contributed by atoms with van der Waals surface area (Å²) in [5.41, 5.74) is 5.67. The number of amides is 1. The van der Waals surface area contributed by atoms with E-state index in [-0.39, 0.29) is 11.9 Å². The molecule has 0 bridgehead atoms. The number of carbonyl (C=O) groups excluding carboxylic acids is 1. The third-order valence-corrected chi connectivity index (χ3v) is 5.37. The number of aromatic nitrogens is 2. The first kappa shape index (κ1) is 16.8. The second kappa shape index (κ2) is 6.24. The zero-order chi connectivity index (χ0) is 18.4. The fourth-order valence-corrected chi connectivity index (χ4v) is 3.85. The Hall–Kier alpha value is -2.69. The molecule has 2 aromatic heterocycles. The maximum absolute atomic E-state index is 13.4. The van der Waals surface area contributed by atoms with E-state index in [9.17, 15) is 4.79 Å². The number of rotatable bonds is 2. The zero-order valence-corrected chi connectivity index (χ0v) is 15.7. The minimum Gasteiger partial charge on any atom is -0.361 e. The molecule has 3 aromatic rings. The second-order valence-corrected chi connectivity index (χ2v) is 7.23. The van der Waals surface area contributed by atoms with Gasteiger partial charge in [0.2, 0.25) is 0 Å². The van der Waals surface area contributed by atoms with E-state index in [4.69, 9.17) is 4.52 Å². The Morgan fingerprint density at radius 2 is 2.00 bits per heavy atom. The van der Waals surface area contributed by atoms with E-state index in [1.54, 1.807) is 0 Å². The van der Waals surface area contributed by atoms with Gasteiger partial charge in [-0.1, -0.05) is 17.3 Å². The molecule has 134 valence electrons. The summed E-state index contributed by atoms with van der Waals surface area (Å²) in [6.07, 6.45) is 1.89. The summed E-state index contributed by atoms with van der Waals surface area (Å²) < 4.78 is 5.23. The monoisotopic (exact) mass is 349 g/mol. The van der Waals surface area contributed by atoms with Gasteiger partial charge in [0.25, 0.3) is 5.91 Å². The molecular weight excluding hydrogens is 326 g/mol. The molecule has 4 rings (SSSR count). The fourth-order valence-electron chi connectivity index (χ4n) is 3.85. The van der Waals surface area contributed by atoms with E-state index in [0.29, 0.717) is 0 Å². The Balaban J connectivity index is 1.80. The molecule has 0 radical (unpaired) electrons. The molecule has 5 nitrogen and oxygen atoms in total. The SMILES string of the molecule is Cc1cc(C(=O)N2CCC[C@H]2c2cc(C)on2)c2ccc(C)c(C)c2n1. The van der Waals surface area contributed by atoms with Crippen LogP contribution < -0.4 is 0 Å². The van der Waals surface area contributed by atoms with Crippen LogP contribution in [0.4, 0.5) is 0 Å². The second-order valence-electron chi connectivity index (χ2n) is 7.23. The summed E-state index contributed by atoms with van der Waals surface area (Å²) in [4.78, 5) is 20.1. The van der Waals surface area contributed by atoms with E-state index in [0.717, 1.165) is 58.6 Å². The Bertz CT molecular complexity index is 1010. The van der Waals surface area contributed by atoms with Crippen molar-refractivity contribution in [2.45, 2.75) is 46.6 Å². The lowest BCUT2D eigenvalue weighted by molar-refractivity contribution is 0.0732. The van der Waals surface area contributed by atoms with Gasteiger partial charge in [-0.05, 0) is 57.7 Å². The molecule has 0 unspecified atom stereocenters. The highest BCUT2D eigenvalue weighted by atomic mass is 16.5. The van der Waals surface area contributed by atoms with Gasteiger partial charge in [-0.25, -0.2) is 0 Å². The van der Waals surface area contributed by atoms with Crippen molar-refractivity contribution in [3.05, 3.63) is 58.1 Å². The van der Waals surface area contributed by atoms with Crippen LogP contribution in [0.25, 0.3) is 10.9 Å². The first-order valence-corrected chi connectivity index (χ1v) is 9.07. The molecule has 0 saturated carbocycles. The largest absolute Gasteiger partial charge is 0.361 e. The van der Waals surface area contributed by atoms with Gasteiger partial charge in [0, 0.05) is 23.7 Å². The Labute approximate surface area is 153 Å². The predicted molar refractivity (Wildman–Crippen MR) is 100 cm³/mol. The molecule has 1 aliphatic rings. The third-order valence-electron chi connectivity index (χ3n) is 5.37. The lowest BCUT2D eigenvalue weighted by Crippen LogP contribution is -2.31. The molecule has 26 heavy (non-hydrogen) atoms. The van der Waals surface area contributed by atoms with Crippen molar-refractivity contribution in [3.8, 4) is 0 Å². The average Bonchev–Trinajstić information content (AvgIpc) is 3.26.